The van der Waals surface area contributed by atoms with E-state index in [4.69, 9.17) is 4.98 Å². The van der Waals surface area contributed by atoms with E-state index in [9.17, 15) is 4.79 Å². The first-order valence-corrected chi connectivity index (χ1v) is 12.1. The summed E-state index contributed by atoms with van der Waals surface area (Å²) < 4.78 is 1.10. The molecule has 2 aromatic heterocycles. The molecule has 0 aliphatic rings. The molecule has 0 spiro atoms. The van der Waals surface area contributed by atoms with Crippen LogP contribution in [-0.4, -0.2) is 21.6 Å². The van der Waals surface area contributed by atoms with Gasteiger partial charge in [-0.2, -0.15) is 0 Å². The van der Waals surface area contributed by atoms with Crippen LogP contribution in [0.4, 0.5) is 5.13 Å². The van der Waals surface area contributed by atoms with Gasteiger partial charge in [-0.05, 0) is 66.6 Å². The van der Waals surface area contributed by atoms with Crippen LogP contribution in [0.5, 0.6) is 0 Å². The lowest BCUT2D eigenvalue weighted by molar-refractivity contribution is -0.118. The predicted octanol–water partition coefficient (Wildman–Crippen LogP) is 6.20. The lowest BCUT2D eigenvalue weighted by atomic mass is 10.1. The summed E-state index contributed by atoms with van der Waals surface area (Å²) in [4.78, 5) is 25.7. The summed E-state index contributed by atoms with van der Waals surface area (Å²) in [6, 6.07) is 18.3. The Morgan fingerprint density at radius 3 is 2.61 bits per heavy atom. The van der Waals surface area contributed by atoms with Crippen LogP contribution < -0.4 is 4.90 Å². The van der Waals surface area contributed by atoms with E-state index in [1.54, 1.807) is 34.2 Å². The average molecular weight is 448 g/mol. The Bertz CT molecular complexity index is 1190. The van der Waals surface area contributed by atoms with Gasteiger partial charge in [0.1, 0.15) is 0 Å². The van der Waals surface area contributed by atoms with E-state index < -0.39 is 0 Å². The Kier molecular flexibility index (Phi) is 6.68. The van der Waals surface area contributed by atoms with E-state index in [0.717, 1.165) is 37.9 Å². The maximum Gasteiger partial charge on any atom is 0.233 e. The van der Waals surface area contributed by atoms with Gasteiger partial charge < -0.3 is 0 Å². The standard InChI is InChI=1S/C25H25N3OS2/c1-4-30-21-10-8-19(9-11-21)15-23(29)28(16-20-7-5-6-12-26-20)25-27-24-18(3)13-17(2)14-22(24)31-25/h5-14H,4,15-16H2,1-3H3. The molecule has 1 amide bonds. The molecule has 158 valence electrons. The van der Waals surface area contributed by atoms with Gasteiger partial charge in [0.2, 0.25) is 5.91 Å². The van der Waals surface area contributed by atoms with E-state index >= 15 is 0 Å². The summed E-state index contributed by atoms with van der Waals surface area (Å²) in [6.07, 6.45) is 2.09. The van der Waals surface area contributed by atoms with Gasteiger partial charge in [0, 0.05) is 11.1 Å². The second-order valence-corrected chi connectivity index (χ2v) is 9.83. The molecule has 0 bridgehead atoms. The first-order valence-electron chi connectivity index (χ1n) is 10.3. The summed E-state index contributed by atoms with van der Waals surface area (Å²) in [7, 11) is 0. The number of thiazole rings is 1. The highest BCUT2D eigenvalue weighted by Gasteiger charge is 2.21. The number of anilines is 1. The minimum absolute atomic E-state index is 0.0231. The number of rotatable bonds is 7. The lowest BCUT2D eigenvalue weighted by Gasteiger charge is -2.19. The smallest absolute Gasteiger partial charge is 0.233 e. The maximum atomic E-state index is 13.4. The van der Waals surface area contributed by atoms with E-state index in [2.05, 4.69) is 50.0 Å². The van der Waals surface area contributed by atoms with Crippen LogP contribution in [0, 0.1) is 13.8 Å². The molecule has 4 nitrogen and oxygen atoms in total. The number of carbonyl (C=O) groups is 1. The third-order valence-corrected chi connectivity index (χ3v) is 6.91. The van der Waals surface area contributed by atoms with E-state index in [-0.39, 0.29) is 5.91 Å². The number of nitrogens with zero attached hydrogens (tertiary/aromatic N) is 3. The van der Waals surface area contributed by atoms with Crippen LogP contribution in [0.2, 0.25) is 0 Å². The Balaban J connectivity index is 1.65. The molecule has 31 heavy (non-hydrogen) atoms. The average Bonchev–Trinajstić information content (AvgIpc) is 3.18. The van der Waals surface area contributed by atoms with Crippen molar-refractivity contribution < 1.29 is 4.79 Å². The van der Waals surface area contributed by atoms with Crippen LogP contribution in [0.25, 0.3) is 10.2 Å². The number of hydrogen-bond donors (Lipinski definition) is 0. The van der Waals surface area contributed by atoms with Crippen molar-refractivity contribution in [3.63, 3.8) is 0 Å². The van der Waals surface area contributed by atoms with Gasteiger partial charge >= 0.3 is 0 Å². The summed E-state index contributed by atoms with van der Waals surface area (Å²) >= 11 is 3.36. The number of fused-ring (bicyclic) bond motifs is 1. The quantitative estimate of drug-likeness (QED) is 0.317. The number of amides is 1. The maximum absolute atomic E-state index is 13.4. The van der Waals surface area contributed by atoms with Crippen molar-refractivity contribution in [3.8, 4) is 0 Å². The van der Waals surface area contributed by atoms with Gasteiger partial charge in [0.25, 0.3) is 0 Å². The Labute approximate surface area is 191 Å². The van der Waals surface area contributed by atoms with E-state index in [1.165, 1.54) is 10.5 Å². The molecular formula is C25H25N3OS2. The highest BCUT2D eigenvalue weighted by molar-refractivity contribution is 7.99. The van der Waals surface area contributed by atoms with Gasteiger partial charge in [0.15, 0.2) is 5.13 Å². The topological polar surface area (TPSA) is 46.1 Å². The minimum atomic E-state index is 0.0231. The number of benzene rings is 2. The molecule has 6 heteroatoms. The van der Waals surface area contributed by atoms with Gasteiger partial charge in [-0.25, -0.2) is 4.98 Å². The third-order valence-electron chi connectivity index (χ3n) is 4.99. The molecule has 0 fully saturated rings. The van der Waals surface area contributed by atoms with E-state index in [0.29, 0.717) is 13.0 Å². The summed E-state index contributed by atoms with van der Waals surface area (Å²) in [5.41, 5.74) is 5.15. The number of hydrogen-bond acceptors (Lipinski definition) is 5. The molecule has 4 aromatic rings. The van der Waals surface area contributed by atoms with Gasteiger partial charge in [-0.3, -0.25) is 14.7 Å². The van der Waals surface area contributed by atoms with Crippen molar-refractivity contribution in [2.45, 2.75) is 38.6 Å². The van der Waals surface area contributed by atoms with Crippen molar-refractivity contribution in [2.24, 2.45) is 0 Å². The van der Waals surface area contributed by atoms with Crippen LogP contribution in [0.1, 0.15) is 29.3 Å². The largest absolute Gasteiger partial charge is 0.282 e. The zero-order valence-corrected chi connectivity index (χ0v) is 19.6. The molecule has 0 aliphatic carbocycles. The fourth-order valence-electron chi connectivity index (χ4n) is 3.53. The molecule has 0 N–H and O–H groups in total. The lowest BCUT2D eigenvalue weighted by Crippen LogP contribution is -2.32. The number of aromatic nitrogens is 2. The van der Waals surface area contributed by atoms with Crippen LogP contribution >= 0.6 is 23.1 Å². The Morgan fingerprint density at radius 2 is 1.90 bits per heavy atom. The fraction of sp³-hybridized carbons (Fsp3) is 0.240. The first kappa shape index (κ1) is 21.5. The molecule has 0 radical (unpaired) electrons. The molecule has 0 aliphatic heterocycles. The molecule has 0 saturated carbocycles. The highest BCUT2D eigenvalue weighted by atomic mass is 32.2. The van der Waals surface area contributed by atoms with Gasteiger partial charge in [-0.15, -0.1) is 11.8 Å². The van der Waals surface area contributed by atoms with E-state index in [1.807, 2.05) is 30.3 Å². The minimum Gasteiger partial charge on any atom is -0.282 e. The molecule has 0 unspecified atom stereocenters. The third kappa shape index (κ3) is 5.14. The fourth-order valence-corrected chi connectivity index (χ4v) is 5.35. The summed E-state index contributed by atoms with van der Waals surface area (Å²) in [5, 5.41) is 0.720. The van der Waals surface area contributed by atoms with Crippen molar-refractivity contribution >= 4 is 44.4 Å². The second kappa shape index (κ2) is 9.62. The van der Waals surface area contributed by atoms with Crippen molar-refractivity contribution in [2.75, 3.05) is 10.7 Å². The zero-order valence-electron chi connectivity index (χ0n) is 18.0. The second-order valence-electron chi connectivity index (χ2n) is 7.48. The summed E-state index contributed by atoms with van der Waals surface area (Å²) in [5.74, 6) is 1.06. The number of pyridine rings is 1. The molecule has 2 heterocycles. The normalized spacial score (nSPS) is 11.1. The number of carbonyl (C=O) groups excluding carboxylic acids is 1. The van der Waals surface area contributed by atoms with Crippen molar-refractivity contribution in [3.05, 3.63) is 83.2 Å². The molecule has 4 rings (SSSR count). The zero-order chi connectivity index (χ0) is 21.8. The Morgan fingerprint density at radius 1 is 1.10 bits per heavy atom. The number of aryl methyl sites for hydroxylation is 2. The van der Waals surface area contributed by atoms with Crippen LogP contribution in [0.3, 0.4) is 0 Å². The van der Waals surface area contributed by atoms with Crippen molar-refractivity contribution in [1.29, 1.82) is 0 Å². The monoisotopic (exact) mass is 447 g/mol. The van der Waals surface area contributed by atoms with Crippen LogP contribution in [-0.2, 0) is 17.8 Å². The first-order chi connectivity index (χ1) is 15.0. The molecule has 2 aromatic carbocycles. The molecule has 0 atom stereocenters. The Hall–Kier alpha value is -2.70. The SMILES string of the molecule is CCSc1ccc(CC(=O)N(Cc2ccccn2)c2nc3c(C)cc(C)cc3s2)cc1. The predicted molar refractivity (Wildman–Crippen MR) is 131 cm³/mol. The highest BCUT2D eigenvalue weighted by Crippen LogP contribution is 2.32. The van der Waals surface area contributed by atoms with Gasteiger partial charge in [0.05, 0.1) is 28.9 Å². The molecule has 0 saturated heterocycles. The van der Waals surface area contributed by atoms with Crippen molar-refractivity contribution in [1.82, 2.24) is 9.97 Å². The summed E-state index contributed by atoms with van der Waals surface area (Å²) in [6.45, 7) is 6.70. The van der Waals surface area contributed by atoms with Crippen LogP contribution in [0.15, 0.2) is 65.7 Å². The number of thioether (sulfide) groups is 1. The van der Waals surface area contributed by atoms with Gasteiger partial charge in [-0.1, -0.05) is 42.5 Å². The molecular weight excluding hydrogens is 422 g/mol.